The van der Waals surface area contributed by atoms with Crippen LogP contribution < -0.4 is 0 Å². The number of nitrogens with zero attached hydrogens (tertiary/aromatic N) is 2. The van der Waals surface area contributed by atoms with Crippen LogP contribution in [0.3, 0.4) is 0 Å². The first-order chi connectivity index (χ1) is 13.4. The van der Waals surface area contributed by atoms with Gasteiger partial charge in [0, 0.05) is 25.7 Å². The summed E-state index contributed by atoms with van der Waals surface area (Å²) in [5, 5.41) is 9.46. The van der Waals surface area contributed by atoms with E-state index in [-0.39, 0.29) is 29.6 Å². The van der Waals surface area contributed by atoms with E-state index in [0.29, 0.717) is 32.8 Å². The molecule has 6 heteroatoms. The van der Waals surface area contributed by atoms with E-state index in [4.69, 9.17) is 4.74 Å². The molecule has 1 N–H and O–H groups in total. The number of phenols is 1. The molecule has 0 radical (unpaired) electrons. The lowest BCUT2D eigenvalue weighted by atomic mass is 10.2. The van der Waals surface area contributed by atoms with E-state index >= 15 is 0 Å². The minimum absolute atomic E-state index is 0.0849. The Kier molecular flexibility index (Phi) is 6.65. The van der Waals surface area contributed by atoms with Crippen LogP contribution in [0.25, 0.3) is 0 Å². The topological polar surface area (TPSA) is 53.0 Å². The SMILES string of the molecule is CC(C)N1CC(OCc2ccc(F)cc2)CN(Cc2ccc(O)cc2)CC1=O. The Morgan fingerprint density at radius 2 is 1.71 bits per heavy atom. The van der Waals surface area contributed by atoms with Gasteiger partial charge >= 0.3 is 0 Å². The van der Waals surface area contributed by atoms with E-state index in [1.165, 1.54) is 12.1 Å². The van der Waals surface area contributed by atoms with Crippen molar-refractivity contribution in [3.63, 3.8) is 0 Å². The van der Waals surface area contributed by atoms with Crippen molar-refractivity contribution >= 4 is 5.91 Å². The van der Waals surface area contributed by atoms with Gasteiger partial charge in [0.05, 0.1) is 19.3 Å². The van der Waals surface area contributed by atoms with Crippen LogP contribution in [-0.2, 0) is 22.7 Å². The summed E-state index contributed by atoms with van der Waals surface area (Å²) in [4.78, 5) is 16.6. The van der Waals surface area contributed by atoms with E-state index in [9.17, 15) is 14.3 Å². The molecule has 1 unspecified atom stereocenters. The minimum Gasteiger partial charge on any atom is -0.508 e. The van der Waals surface area contributed by atoms with Crippen LogP contribution in [0.4, 0.5) is 4.39 Å². The Labute approximate surface area is 165 Å². The number of carbonyl (C=O) groups is 1. The molecule has 2 aromatic rings. The summed E-state index contributed by atoms with van der Waals surface area (Å²) < 4.78 is 19.2. The van der Waals surface area contributed by atoms with Gasteiger partial charge in [0.15, 0.2) is 0 Å². The van der Waals surface area contributed by atoms with Gasteiger partial charge < -0.3 is 14.7 Å². The standard InChI is InChI=1S/C22H27FN2O3/c1-16(2)25-13-21(28-15-18-3-7-19(23)8-4-18)12-24(14-22(25)27)11-17-5-9-20(26)10-6-17/h3-10,16,21,26H,11-15H2,1-2H3. The number of carbonyl (C=O) groups excluding carboxylic acids is 1. The molecule has 1 aliphatic rings. The molecule has 1 saturated heterocycles. The second-order valence-electron chi connectivity index (χ2n) is 7.54. The van der Waals surface area contributed by atoms with E-state index in [1.54, 1.807) is 24.3 Å². The first-order valence-corrected chi connectivity index (χ1v) is 9.56. The normalized spacial score (nSPS) is 18.5. The average molecular weight is 386 g/mol. The molecule has 0 aliphatic carbocycles. The molecular weight excluding hydrogens is 359 g/mol. The molecule has 1 heterocycles. The lowest BCUT2D eigenvalue weighted by molar-refractivity contribution is -0.133. The molecule has 5 nitrogen and oxygen atoms in total. The first-order valence-electron chi connectivity index (χ1n) is 9.56. The zero-order chi connectivity index (χ0) is 20.1. The molecule has 0 saturated carbocycles. The molecule has 0 aromatic heterocycles. The van der Waals surface area contributed by atoms with Gasteiger partial charge in [0.1, 0.15) is 11.6 Å². The Morgan fingerprint density at radius 1 is 1.07 bits per heavy atom. The Hall–Kier alpha value is -2.44. The van der Waals surface area contributed by atoms with Crippen LogP contribution in [0.15, 0.2) is 48.5 Å². The number of halogens is 1. The van der Waals surface area contributed by atoms with Crippen molar-refractivity contribution in [1.82, 2.24) is 9.80 Å². The maximum atomic E-state index is 13.1. The Balaban J connectivity index is 1.69. The van der Waals surface area contributed by atoms with Crippen LogP contribution in [0, 0.1) is 5.82 Å². The Bertz CT molecular complexity index is 777. The molecule has 1 amide bonds. The van der Waals surface area contributed by atoms with Crippen molar-refractivity contribution in [1.29, 1.82) is 0 Å². The van der Waals surface area contributed by atoms with E-state index < -0.39 is 0 Å². The summed E-state index contributed by atoms with van der Waals surface area (Å²) in [6.45, 7) is 6.47. The van der Waals surface area contributed by atoms with Gasteiger partial charge in [-0.15, -0.1) is 0 Å². The smallest absolute Gasteiger partial charge is 0.237 e. The fraction of sp³-hybridized carbons (Fsp3) is 0.409. The molecular formula is C22H27FN2O3. The number of hydrogen-bond acceptors (Lipinski definition) is 4. The predicted molar refractivity (Wildman–Crippen MR) is 105 cm³/mol. The maximum Gasteiger partial charge on any atom is 0.237 e. The highest BCUT2D eigenvalue weighted by atomic mass is 19.1. The predicted octanol–water partition coefficient (Wildman–Crippen LogP) is 3.17. The third-order valence-electron chi connectivity index (χ3n) is 4.91. The van der Waals surface area contributed by atoms with Gasteiger partial charge in [-0.25, -0.2) is 4.39 Å². The molecule has 2 aromatic carbocycles. The fourth-order valence-electron chi connectivity index (χ4n) is 3.39. The van der Waals surface area contributed by atoms with Crippen LogP contribution in [-0.4, -0.2) is 52.6 Å². The van der Waals surface area contributed by atoms with Crippen LogP contribution in [0.1, 0.15) is 25.0 Å². The van der Waals surface area contributed by atoms with Crippen molar-refractivity contribution in [3.8, 4) is 5.75 Å². The number of amides is 1. The number of phenolic OH excluding ortho intramolecular Hbond substituents is 1. The molecule has 28 heavy (non-hydrogen) atoms. The van der Waals surface area contributed by atoms with E-state index in [2.05, 4.69) is 4.90 Å². The number of aromatic hydroxyl groups is 1. The van der Waals surface area contributed by atoms with Crippen LogP contribution >= 0.6 is 0 Å². The number of ether oxygens (including phenoxy) is 1. The molecule has 150 valence electrons. The van der Waals surface area contributed by atoms with Gasteiger partial charge in [-0.3, -0.25) is 9.69 Å². The molecule has 0 spiro atoms. The quantitative estimate of drug-likeness (QED) is 0.829. The molecule has 1 aliphatic heterocycles. The maximum absolute atomic E-state index is 13.1. The summed E-state index contributed by atoms with van der Waals surface area (Å²) in [6.07, 6.45) is -0.143. The van der Waals surface area contributed by atoms with Gasteiger partial charge in [0.2, 0.25) is 5.91 Å². The van der Waals surface area contributed by atoms with Crippen LogP contribution in [0.5, 0.6) is 5.75 Å². The molecule has 1 atom stereocenters. The largest absolute Gasteiger partial charge is 0.508 e. The lowest BCUT2D eigenvalue weighted by Crippen LogP contribution is -2.42. The van der Waals surface area contributed by atoms with Crippen molar-refractivity contribution in [2.24, 2.45) is 0 Å². The van der Waals surface area contributed by atoms with E-state index in [0.717, 1.165) is 11.1 Å². The molecule has 0 bridgehead atoms. The molecule has 3 rings (SSSR count). The number of hydrogen-bond donors (Lipinski definition) is 1. The van der Waals surface area contributed by atoms with E-state index in [1.807, 2.05) is 30.9 Å². The van der Waals surface area contributed by atoms with Crippen LogP contribution in [0.2, 0.25) is 0 Å². The third kappa shape index (κ3) is 5.53. The number of rotatable bonds is 6. The summed E-state index contributed by atoms with van der Waals surface area (Å²) in [7, 11) is 0. The summed E-state index contributed by atoms with van der Waals surface area (Å²) in [6, 6.07) is 13.4. The summed E-state index contributed by atoms with van der Waals surface area (Å²) in [5.74, 6) is 0.0405. The highest BCUT2D eigenvalue weighted by molar-refractivity contribution is 5.79. The van der Waals surface area contributed by atoms with Crippen molar-refractivity contribution in [2.45, 2.75) is 39.1 Å². The monoisotopic (exact) mass is 386 g/mol. The third-order valence-corrected chi connectivity index (χ3v) is 4.91. The summed E-state index contributed by atoms with van der Waals surface area (Å²) >= 11 is 0. The molecule has 1 fully saturated rings. The zero-order valence-electron chi connectivity index (χ0n) is 16.3. The average Bonchev–Trinajstić information content (AvgIpc) is 2.81. The number of benzene rings is 2. The second-order valence-corrected chi connectivity index (χ2v) is 7.54. The van der Waals surface area contributed by atoms with Gasteiger partial charge in [0.25, 0.3) is 0 Å². The second kappa shape index (κ2) is 9.17. The Morgan fingerprint density at radius 3 is 2.36 bits per heavy atom. The minimum atomic E-state index is -0.269. The van der Waals surface area contributed by atoms with Crippen molar-refractivity contribution in [3.05, 3.63) is 65.5 Å². The van der Waals surface area contributed by atoms with Crippen molar-refractivity contribution in [2.75, 3.05) is 19.6 Å². The van der Waals surface area contributed by atoms with Crippen molar-refractivity contribution < 1.29 is 19.0 Å². The lowest BCUT2D eigenvalue weighted by Gasteiger charge is -2.27. The highest BCUT2D eigenvalue weighted by Gasteiger charge is 2.29. The summed E-state index contributed by atoms with van der Waals surface area (Å²) in [5.41, 5.74) is 1.93. The van der Waals surface area contributed by atoms with Gasteiger partial charge in [-0.2, -0.15) is 0 Å². The zero-order valence-corrected chi connectivity index (χ0v) is 16.3. The highest BCUT2D eigenvalue weighted by Crippen LogP contribution is 2.17. The van der Waals surface area contributed by atoms with Gasteiger partial charge in [-0.1, -0.05) is 24.3 Å². The fourth-order valence-corrected chi connectivity index (χ4v) is 3.39. The first kappa shape index (κ1) is 20.3. The van der Waals surface area contributed by atoms with Gasteiger partial charge in [-0.05, 0) is 49.2 Å².